The number of nitrogens with zero attached hydrogens (tertiary/aromatic N) is 4. The van der Waals surface area contributed by atoms with Crippen LogP contribution in [-0.4, -0.2) is 19.9 Å². The monoisotopic (exact) mass is 133 g/mol. The van der Waals surface area contributed by atoms with Crippen molar-refractivity contribution in [3.05, 3.63) is 24.9 Å². The van der Waals surface area contributed by atoms with E-state index >= 15 is 0 Å². The number of fused-ring (bicyclic) bond motifs is 1. The van der Waals surface area contributed by atoms with Gasteiger partial charge in [0.05, 0.1) is 7.57 Å². The minimum atomic E-state index is 0.121. The molecule has 0 amide bonds. The van der Waals surface area contributed by atoms with Gasteiger partial charge in [-0.2, -0.15) is 0 Å². The minimum Gasteiger partial charge on any atom is -0.250 e. The molecule has 2 aromatic rings. The van der Waals surface area contributed by atoms with Crippen molar-refractivity contribution in [1.82, 2.24) is 19.9 Å². The van der Waals surface area contributed by atoms with Crippen molar-refractivity contribution in [1.29, 1.82) is 0 Å². The first-order valence-corrected chi connectivity index (χ1v) is 2.75. The molecule has 0 saturated heterocycles. The zero-order chi connectivity index (χ0) is 7.68. The molecule has 10 heavy (non-hydrogen) atoms. The van der Waals surface area contributed by atoms with Crippen LogP contribution in [-0.2, 0) is 0 Å². The van der Waals surface area contributed by atoms with Crippen molar-refractivity contribution in [2.75, 3.05) is 0 Å². The number of hydrogen-bond acceptors (Lipinski definition) is 4. The smallest absolute Gasteiger partial charge is 0.181 e. The molecule has 2 aromatic heterocycles. The quantitative estimate of drug-likeness (QED) is 0.522. The zero-order valence-corrected chi connectivity index (χ0v) is 5.02. The van der Waals surface area contributed by atoms with Crippen LogP contribution in [0.4, 0.5) is 0 Å². The molecule has 2 rings (SSSR count). The van der Waals surface area contributed by atoms with E-state index in [9.17, 15) is 0 Å². The van der Waals surface area contributed by atoms with Crippen LogP contribution in [0.5, 0.6) is 0 Å². The topological polar surface area (TPSA) is 51.6 Å². The summed E-state index contributed by atoms with van der Waals surface area (Å²) in [6, 6.07) is 0. The van der Waals surface area contributed by atoms with E-state index in [0.717, 1.165) is 0 Å². The highest BCUT2D eigenvalue weighted by Crippen LogP contribution is 1.98. The number of aromatic nitrogens is 4. The molecule has 0 aliphatic carbocycles. The third-order valence-corrected chi connectivity index (χ3v) is 1.10. The van der Waals surface area contributed by atoms with E-state index in [4.69, 9.17) is 1.37 Å². The van der Waals surface area contributed by atoms with Crippen molar-refractivity contribution in [2.24, 2.45) is 0 Å². The van der Waals surface area contributed by atoms with Crippen LogP contribution in [0.1, 0.15) is 1.37 Å². The number of hydrogen-bond donors (Lipinski definition) is 0. The van der Waals surface area contributed by atoms with Crippen LogP contribution < -0.4 is 0 Å². The van der Waals surface area contributed by atoms with Gasteiger partial charge in [-0.15, -0.1) is 0 Å². The molecule has 0 unspecified atom stereocenters. The third kappa shape index (κ3) is 0.699. The Kier molecular flexibility index (Phi) is 0.846. The summed E-state index contributed by atoms with van der Waals surface area (Å²) in [5.41, 5.74) is 1.08. The lowest BCUT2D eigenvalue weighted by molar-refractivity contribution is 1.15. The fourth-order valence-electron chi connectivity index (χ4n) is 0.681. The molecule has 0 radical (unpaired) electrons. The number of rotatable bonds is 0. The minimum absolute atomic E-state index is 0.121. The van der Waals surface area contributed by atoms with Crippen LogP contribution in [0, 0.1) is 0 Å². The highest BCUT2D eigenvalue weighted by atomic mass is 14.9. The van der Waals surface area contributed by atoms with E-state index in [-0.39, 0.29) is 6.17 Å². The van der Waals surface area contributed by atoms with Gasteiger partial charge >= 0.3 is 0 Å². The Morgan fingerprint density at radius 1 is 1.30 bits per heavy atom. The van der Waals surface area contributed by atoms with Gasteiger partial charge in [0.2, 0.25) is 0 Å². The van der Waals surface area contributed by atoms with Crippen LogP contribution in [0.3, 0.4) is 0 Å². The summed E-state index contributed by atoms with van der Waals surface area (Å²) in [6.45, 7) is 0. The SMILES string of the molecule is [2H]c1cnc2cncnc2n1. The summed E-state index contributed by atoms with van der Waals surface area (Å²) in [5.74, 6) is 0. The van der Waals surface area contributed by atoms with Gasteiger partial charge in [-0.25, -0.2) is 19.9 Å². The Morgan fingerprint density at radius 3 is 3.30 bits per heavy atom. The summed E-state index contributed by atoms with van der Waals surface area (Å²) in [5, 5.41) is 0. The van der Waals surface area contributed by atoms with Gasteiger partial charge in [-0.3, -0.25) is 0 Å². The van der Waals surface area contributed by atoms with Crippen LogP contribution >= 0.6 is 0 Å². The van der Waals surface area contributed by atoms with Crippen LogP contribution in [0.25, 0.3) is 11.2 Å². The van der Waals surface area contributed by atoms with Gasteiger partial charge in [0, 0.05) is 12.4 Å². The molecule has 0 bridgehead atoms. The Bertz CT molecular complexity index is 389. The highest BCUT2D eigenvalue weighted by Gasteiger charge is 1.90. The lowest BCUT2D eigenvalue weighted by Gasteiger charge is -1.89. The van der Waals surface area contributed by atoms with E-state index in [2.05, 4.69) is 19.9 Å². The predicted molar refractivity (Wildman–Crippen MR) is 35.1 cm³/mol. The highest BCUT2D eigenvalue weighted by molar-refractivity contribution is 5.66. The molecular weight excluding hydrogens is 128 g/mol. The molecule has 4 heteroatoms. The van der Waals surface area contributed by atoms with Crippen LogP contribution in [0.2, 0.25) is 0 Å². The van der Waals surface area contributed by atoms with Gasteiger partial charge < -0.3 is 0 Å². The first-order valence-electron chi connectivity index (χ1n) is 3.25. The van der Waals surface area contributed by atoms with Gasteiger partial charge in [-0.05, 0) is 0 Å². The largest absolute Gasteiger partial charge is 0.250 e. The Labute approximate surface area is 58.4 Å². The molecule has 0 atom stereocenters. The van der Waals surface area contributed by atoms with Crippen molar-refractivity contribution < 1.29 is 1.37 Å². The maximum absolute atomic E-state index is 7.14. The molecular formula is C6H4N4. The first kappa shape index (κ1) is 4.27. The van der Waals surface area contributed by atoms with Gasteiger partial charge in [-0.1, -0.05) is 0 Å². The first-order chi connectivity index (χ1) is 5.36. The van der Waals surface area contributed by atoms with Crippen molar-refractivity contribution in [3.8, 4) is 0 Å². The zero-order valence-electron chi connectivity index (χ0n) is 6.02. The molecule has 0 saturated carbocycles. The summed E-state index contributed by atoms with van der Waals surface area (Å²) in [6.07, 6.45) is 4.44. The summed E-state index contributed by atoms with van der Waals surface area (Å²) in [7, 11) is 0. The van der Waals surface area contributed by atoms with Crippen molar-refractivity contribution >= 4 is 11.2 Å². The lowest BCUT2D eigenvalue weighted by atomic mass is 10.5. The van der Waals surface area contributed by atoms with E-state index in [1.54, 1.807) is 6.20 Å². The van der Waals surface area contributed by atoms with E-state index in [1.807, 2.05) is 0 Å². The summed E-state index contributed by atoms with van der Waals surface area (Å²) < 4.78 is 7.14. The average Bonchev–Trinajstić information content (AvgIpc) is 2.04. The molecule has 0 N–H and O–H groups in total. The Balaban J connectivity index is 2.83. The summed E-state index contributed by atoms with van der Waals surface area (Å²) in [4.78, 5) is 15.3. The normalized spacial score (nSPS) is 11.4. The fraction of sp³-hybridized carbons (Fsp3) is 0. The maximum atomic E-state index is 7.14. The third-order valence-electron chi connectivity index (χ3n) is 1.10. The summed E-state index contributed by atoms with van der Waals surface area (Å²) >= 11 is 0. The van der Waals surface area contributed by atoms with Gasteiger partial charge in [0.25, 0.3) is 0 Å². The molecule has 4 nitrogen and oxygen atoms in total. The van der Waals surface area contributed by atoms with Crippen LogP contribution in [0.15, 0.2) is 24.9 Å². The van der Waals surface area contributed by atoms with Crippen molar-refractivity contribution in [3.63, 3.8) is 0 Å². The van der Waals surface area contributed by atoms with Crippen molar-refractivity contribution in [2.45, 2.75) is 0 Å². The van der Waals surface area contributed by atoms with E-state index < -0.39 is 0 Å². The fourth-order valence-corrected chi connectivity index (χ4v) is 0.681. The molecule has 0 aliphatic heterocycles. The van der Waals surface area contributed by atoms with Gasteiger partial charge in [0.1, 0.15) is 11.8 Å². The average molecular weight is 133 g/mol. The molecule has 0 aliphatic rings. The second-order valence-electron chi connectivity index (χ2n) is 1.73. The molecule has 0 spiro atoms. The lowest BCUT2D eigenvalue weighted by Crippen LogP contribution is -1.85. The van der Waals surface area contributed by atoms with E-state index in [1.165, 1.54) is 12.5 Å². The molecule has 2 heterocycles. The van der Waals surface area contributed by atoms with Gasteiger partial charge in [0.15, 0.2) is 5.65 Å². The predicted octanol–water partition coefficient (Wildman–Crippen LogP) is 0.420. The Morgan fingerprint density at radius 2 is 2.30 bits per heavy atom. The molecule has 0 aromatic carbocycles. The van der Waals surface area contributed by atoms with E-state index in [0.29, 0.717) is 11.2 Å². The maximum Gasteiger partial charge on any atom is 0.181 e. The molecule has 0 fully saturated rings. The second kappa shape index (κ2) is 1.98. The Hall–Kier alpha value is -1.58. The standard InChI is InChI=1S/C6H4N4/c1-2-9-6-5(8-1)3-7-4-10-6/h1-4H/i2D. The molecule has 48 valence electrons. The second-order valence-corrected chi connectivity index (χ2v) is 1.73.